The first-order valence-electron chi connectivity index (χ1n) is 8.75. The van der Waals surface area contributed by atoms with Gasteiger partial charge in [0.1, 0.15) is 0 Å². The Kier molecular flexibility index (Phi) is 4.48. The van der Waals surface area contributed by atoms with Crippen molar-refractivity contribution in [2.45, 2.75) is 83.3 Å². The number of nitrogens with zero attached hydrogens (tertiary/aromatic N) is 1. The van der Waals surface area contributed by atoms with Crippen molar-refractivity contribution in [3.8, 4) is 0 Å². The summed E-state index contributed by atoms with van der Waals surface area (Å²) < 4.78 is 0. The zero-order valence-corrected chi connectivity index (χ0v) is 12.9. The van der Waals surface area contributed by atoms with E-state index < -0.39 is 0 Å². The lowest BCUT2D eigenvalue weighted by Gasteiger charge is -2.48. The Morgan fingerprint density at radius 2 is 1.74 bits per heavy atom. The summed E-state index contributed by atoms with van der Waals surface area (Å²) in [4.78, 5) is 2.88. The molecule has 3 rings (SSSR count). The molecule has 2 heteroatoms. The van der Waals surface area contributed by atoms with Crippen molar-refractivity contribution in [3.63, 3.8) is 0 Å². The van der Waals surface area contributed by atoms with E-state index in [9.17, 15) is 0 Å². The minimum atomic E-state index is 0.761. The van der Waals surface area contributed by atoms with Crippen molar-refractivity contribution in [2.75, 3.05) is 13.1 Å². The first-order chi connectivity index (χ1) is 9.25. The maximum absolute atomic E-state index is 3.72. The van der Waals surface area contributed by atoms with E-state index in [4.69, 9.17) is 0 Å². The number of piperidine rings is 1. The maximum atomic E-state index is 3.72. The van der Waals surface area contributed by atoms with Gasteiger partial charge in [0, 0.05) is 18.1 Å². The van der Waals surface area contributed by atoms with Gasteiger partial charge in [-0.25, -0.2) is 0 Å². The molecule has 1 N–H and O–H groups in total. The average molecular weight is 264 g/mol. The SMILES string of the molecule is CC(CNC1CC1)C(C)N1CCC[C@H]2CCCC[C@H]21. The summed E-state index contributed by atoms with van der Waals surface area (Å²) in [6.07, 6.45) is 11.7. The van der Waals surface area contributed by atoms with Crippen LogP contribution in [0.25, 0.3) is 0 Å². The average Bonchev–Trinajstić information content (AvgIpc) is 3.27. The molecule has 3 aliphatic rings. The minimum Gasteiger partial charge on any atom is -0.314 e. The third-order valence-corrected chi connectivity index (χ3v) is 5.94. The zero-order chi connectivity index (χ0) is 13.2. The molecule has 0 radical (unpaired) electrons. The predicted octanol–water partition coefficient (Wildman–Crippen LogP) is 3.42. The molecule has 0 amide bonds. The quantitative estimate of drug-likeness (QED) is 0.818. The summed E-state index contributed by atoms with van der Waals surface area (Å²) in [5, 5.41) is 3.72. The molecule has 110 valence electrons. The Hall–Kier alpha value is -0.0800. The van der Waals surface area contributed by atoms with Crippen molar-refractivity contribution in [2.24, 2.45) is 11.8 Å². The highest BCUT2D eigenvalue weighted by atomic mass is 15.2. The van der Waals surface area contributed by atoms with Crippen molar-refractivity contribution in [3.05, 3.63) is 0 Å². The molecule has 0 spiro atoms. The minimum absolute atomic E-state index is 0.761. The van der Waals surface area contributed by atoms with Gasteiger partial charge in [0.15, 0.2) is 0 Å². The fourth-order valence-electron chi connectivity index (χ4n) is 4.31. The summed E-state index contributed by atoms with van der Waals surface area (Å²) in [6, 6.07) is 2.54. The van der Waals surface area contributed by atoms with Crippen LogP contribution in [-0.2, 0) is 0 Å². The van der Waals surface area contributed by atoms with Gasteiger partial charge in [0.05, 0.1) is 0 Å². The van der Waals surface area contributed by atoms with E-state index >= 15 is 0 Å². The van der Waals surface area contributed by atoms with Gasteiger partial charge >= 0.3 is 0 Å². The smallest absolute Gasteiger partial charge is 0.0126 e. The van der Waals surface area contributed by atoms with Crippen molar-refractivity contribution in [1.29, 1.82) is 0 Å². The van der Waals surface area contributed by atoms with Gasteiger partial charge in [-0.3, -0.25) is 4.90 Å². The predicted molar refractivity (Wildman–Crippen MR) is 81.3 cm³/mol. The number of likely N-dealkylation sites (tertiary alicyclic amines) is 1. The van der Waals surface area contributed by atoms with E-state index in [1.807, 2.05) is 0 Å². The van der Waals surface area contributed by atoms with Crippen LogP contribution in [0.4, 0.5) is 0 Å². The molecule has 0 aromatic rings. The normalized spacial score (nSPS) is 35.7. The van der Waals surface area contributed by atoms with Gasteiger partial charge in [-0.15, -0.1) is 0 Å². The van der Waals surface area contributed by atoms with Crippen molar-refractivity contribution in [1.82, 2.24) is 10.2 Å². The van der Waals surface area contributed by atoms with Crippen LogP contribution in [0, 0.1) is 11.8 Å². The molecule has 2 unspecified atom stereocenters. The molecule has 1 aliphatic heterocycles. The van der Waals surface area contributed by atoms with Crippen molar-refractivity contribution >= 4 is 0 Å². The van der Waals surface area contributed by atoms with Gasteiger partial charge in [-0.2, -0.15) is 0 Å². The lowest BCUT2D eigenvalue weighted by molar-refractivity contribution is 0.0141. The fraction of sp³-hybridized carbons (Fsp3) is 1.00. The van der Waals surface area contributed by atoms with E-state index in [1.54, 1.807) is 0 Å². The van der Waals surface area contributed by atoms with E-state index in [2.05, 4.69) is 24.1 Å². The van der Waals surface area contributed by atoms with Gasteiger partial charge in [-0.1, -0.05) is 19.8 Å². The molecule has 1 heterocycles. The Bertz CT molecular complexity index is 285. The summed E-state index contributed by atoms with van der Waals surface area (Å²) in [7, 11) is 0. The monoisotopic (exact) mass is 264 g/mol. The Morgan fingerprint density at radius 3 is 2.53 bits per heavy atom. The van der Waals surface area contributed by atoms with Crippen molar-refractivity contribution < 1.29 is 0 Å². The molecule has 0 aromatic heterocycles. The second-order valence-electron chi connectivity index (χ2n) is 7.39. The molecular weight excluding hydrogens is 232 g/mol. The van der Waals surface area contributed by atoms with E-state index in [0.29, 0.717) is 0 Å². The molecular formula is C17H32N2. The van der Waals surface area contributed by atoms with E-state index in [-0.39, 0.29) is 0 Å². The molecule has 2 nitrogen and oxygen atoms in total. The largest absolute Gasteiger partial charge is 0.314 e. The standard InChI is InChI=1S/C17H32N2/c1-13(12-18-16-9-10-16)14(2)19-11-5-7-15-6-3-4-8-17(15)19/h13-18H,3-12H2,1-2H3/t13?,14?,15-,17-/m1/s1. The fourth-order valence-corrected chi connectivity index (χ4v) is 4.31. The zero-order valence-electron chi connectivity index (χ0n) is 12.9. The second kappa shape index (κ2) is 6.13. The van der Waals surface area contributed by atoms with Gasteiger partial charge in [0.25, 0.3) is 0 Å². The number of fused-ring (bicyclic) bond motifs is 1. The lowest BCUT2D eigenvalue weighted by atomic mass is 9.77. The molecule has 1 saturated heterocycles. The lowest BCUT2D eigenvalue weighted by Crippen LogP contribution is -2.53. The van der Waals surface area contributed by atoms with Crippen LogP contribution in [-0.4, -0.2) is 36.1 Å². The summed E-state index contributed by atoms with van der Waals surface area (Å²) in [6.45, 7) is 7.51. The molecule has 0 aromatic carbocycles. The maximum Gasteiger partial charge on any atom is 0.0126 e. The molecule has 2 aliphatic carbocycles. The van der Waals surface area contributed by atoms with E-state index in [1.165, 1.54) is 64.5 Å². The van der Waals surface area contributed by atoms with Crippen LogP contribution in [0.15, 0.2) is 0 Å². The van der Waals surface area contributed by atoms with Crippen LogP contribution in [0.5, 0.6) is 0 Å². The molecule has 19 heavy (non-hydrogen) atoms. The molecule has 2 saturated carbocycles. The number of nitrogens with one attached hydrogen (secondary N) is 1. The molecule has 4 atom stereocenters. The van der Waals surface area contributed by atoms with Crippen LogP contribution in [0.1, 0.15) is 65.2 Å². The van der Waals surface area contributed by atoms with Crippen LogP contribution in [0.3, 0.4) is 0 Å². The van der Waals surface area contributed by atoms with Crippen LogP contribution in [0.2, 0.25) is 0 Å². The second-order valence-corrected chi connectivity index (χ2v) is 7.39. The third-order valence-electron chi connectivity index (χ3n) is 5.94. The third kappa shape index (κ3) is 3.33. The summed E-state index contributed by atoms with van der Waals surface area (Å²) >= 11 is 0. The Balaban J connectivity index is 1.55. The van der Waals surface area contributed by atoms with E-state index in [0.717, 1.165) is 30.0 Å². The number of hydrogen-bond acceptors (Lipinski definition) is 2. The van der Waals surface area contributed by atoms with Crippen LogP contribution >= 0.6 is 0 Å². The number of hydrogen-bond donors (Lipinski definition) is 1. The van der Waals surface area contributed by atoms with Gasteiger partial charge in [0.2, 0.25) is 0 Å². The Morgan fingerprint density at radius 1 is 1.00 bits per heavy atom. The van der Waals surface area contributed by atoms with Gasteiger partial charge in [-0.05, 0) is 70.4 Å². The van der Waals surface area contributed by atoms with Crippen LogP contribution < -0.4 is 5.32 Å². The first-order valence-corrected chi connectivity index (χ1v) is 8.75. The number of rotatable bonds is 5. The molecule has 3 fully saturated rings. The first kappa shape index (κ1) is 13.9. The highest BCUT2D eigenvalue weighted by Gasteiger charge is 2.36. The highest BCUT2D eigenvalue weighted by Crippen LogP contribution is 2.37. The summed E-state index contributed by atoms with van der Waals surface area (Å²) in [5.74, 6) is 1.81. The topological polar surface area (TPSA) is 15.3 Å². The molecule has 0 bridgehead atoms. The summed E-state index contributed by atoms with van der Waals surface area (Å²) in [5.41, 5.74) is 0. The van der Waals surface area contributed by atoms with Gasteiger partial charge < -0.3 is 5.32 Å². The Labute approximate surface area is 119 Å². The highest BCUT2D eigenvalue weighted by molar-refractivity contribution is 4.91.